The predicted molar refractivity (Wildman–Crippen MR) is 74.1 cm³/mol. The molecule has 0 bridgehead atoms. The third-order valence-corrected chi connectivity index (χ3v) is 5.40. The molecular formula is C9H11Cl2N3S2. The van der Waals surface area contributed by atoms with Crippen LogP contribution in [-0.2, 0) is 0 Å². The monoisotopic (exact) mass is 295 g/mol. The number of rotatable bonds is 3. The molecule has 1 aromatic rings. The smallest absolute Gasteiger partial charge is 0.224 e. The Balaban J connectivity index is 1.90. The second-order valence-corrected chi connectivity index (χ2v) is 6.59. The highest BCUT2D eigenvalue weighted by Crippen LogP contribution is 2.25. The summed E-state index contributed by atoms with van der Waals surface area (Å²) in [5.41, 5.74) is 0. The fourth-order valence-electron chi connectivity index (χ4n) is 1.33. The van der Waals surface area contributed by atoms with Crippen LogP contribution >= 0.6 is 46.7 Å². The van der Waals surface area contributed by atoms with E-state index in [-0.39, 0.29) is 5.28 Å². The largest absolute Gasteiger partial charge is 0.368 e. The molecule has 1 aromatic heterocycles. The van der Waals surface area contributed by atoms with Crippen molar-refractivity contribution in [2.24, 2.45) is 0 Å². The van der Waals surface area contributed by atoms with Crippen LogP contribution in [0.5, 0.6) is 0 Å². The summed E-state index contributed by atoms with van der Waals surface area (Å²) in [5.74, 6) is 4.27. The molecule has 0 spiro atoms. The van der Waals surface area contributed by atoms with E-state index in [1.807, 2.05) is 23.5 Å². The van der Waals surface area contributed by atoms with Gasteiger partial charge in [-0.3, -0.25) is 0 Å². The van der Waals surface area contributed by atoms with Gasteiger partial charge < -0.3 is 5.32 Å². The van der Waals surface area contributed by atoms with Crippen LogP contribution in [-0.4, -0.2) is 39.0 Å². The number of halogens is 2. The molecule has 0 radical (unpaired) electrons. The topological polar surface area (TPSA) is 37.8 Å². The maximum atomic E-state index is 5.96. The van der Waals surface area contributed by atoms with E-state index in [4.69, 9.17) is 23.2 Å². The third-order valence-electron chi connectivity index (χ3n) is 2.10. The minimum absolute atomic E-state index is 0.220. The van der Waals surface area contributed by atoms with Crippen LogP contribution in [0.25, 0.3) is 0 Å². The maximum Gasteiger partial charge on any atom is 0.224 e. The molecule has 2 heterocycles. The number of thioether (sulfide) groups is 2. The van der Waals surface area contributed by atoms with E-state index in [1.165, 1.54) is 23.5 Å². The summed E-state index contributed by atoms with van der Waals surface area (Å²) in [6.45, 7) is 0.866. The van der Waals surface area contributed by atoms with Gasteiger partial charge in [0.05, 0.1) is 6.20 Å². The second kappa shape index (κ2) is 6.19. The lowest BCUT2D eigenvalue weighted by atomic mass is 10.4. The summed E-state index contributed by atoms with van der Waals surface area (Å²) in [6.07, 6.45) is 1.52. The number of nitrogens with one attached hydrogen (secondary N) is 1. The molecule has 0 saturated carbocycles. The Bertz CT molecular complexity index is 359. The van der Waals surface area contributed by atoms with Gasteiger partial charge >= 0.3 is 0 Å². The highest BCUT2D eigenvalue weighted by molar-refractivity contribution is 8.06. The zero-order valence-electron chi connectivity index (χ0n) is 8.45. The van der Waals surface area contributed by atoms with Gasteiger partial charge in [0.1, 0.15) is 10.8 Å². The van der Waals surface area contributed by atoms with E-state index < -0.39 is 0 Å². The average Bonchev–Trinajstić information content (AvgIpc) is 2.32. The third kappa shape index (κ3) is 3.58. The van der Waals surface area contributed by atoms with E-state index in [1.54, 1.807) is 0 Å². The molecule has 0 aliphatic carbocycles. The fourth-order valence-corrected chi connectivity index (χ4v) is 4.24. The molecule has 1 aliphatic rings. The van der Waals surface area contributed by atoms with Crippen molar-refractivity contribution in [2.45, 2.75) is 5.25 Å². The van der Waals surface area contributed by atoms with Crippen molar-refractivity contribution in [1.29, 1.82) is 0 Å². The van der Waals surface area contributed by atoms with Gasteiger partial charge in [0.2, 0.25) is 5.28 Å². The lowest BCUT2D eigenvalue weighted by Gasteiger charge is -2.21. The minimum atomic E-state index is 0.220. The molecule has 88 valence electrons. The molecule has 1 unspecified atom stereocenters. The van der Waals surface area contributed by atoms with E-state index >= 15 is 0 Å². The van der Waals surface area contributed by atoms with E-state index in [2.05, 4.69) is 15.3 Å². The van der Waals surface area contributed by atoms with Crippen molar-refractivity contribution in [3.63, 3.8) is 0 Å². The molecule has 1 N–H and O–H groups in total. The lowest BCUT2D eigenvalue weighted by Crippen LogP contribution is -2.23. The van der Waals surface area contributed by atoms with Crippen LogP contribution in [0.1, 0.15) is 0 Å². The second-order valence-electron chi connectivity index (χ2n) is 3.28. The van der Waals surface area contributed by atoms with Crippen molar-refractivity contribution in [3.8, 4) is 0 Å². The molecule has 0 amide bonds. The van der Waals surface area contributed by atoms with Gasteiger partial charge in [-0.25, -0.2) is 4.98 Å². The first kappa shape index (κ1) is 12.6. The summed E-state index contributed by atoms with van der Waals surface area (Å²) in [6, 6.07) is 0. The Morgan fingerprint density at radius 3 is 3.06 bits per heavy atom. The summed E-state index contributed by atoms with van der Waals surface area (Å²) in [7, 11) is 0. The molecule has 2 rings (SSSR count). The Labute approximate surface area is 113 Å². The van der Waals surface area contributed by atoms with Gasteiger partial charge in [-0.05, 0) is 11.6 Å². The Hall–Kier alpha value is 0.160. The first-order valence-electron chi connectivity index (χ1n) is 4.87. The van der Waals surface area contributed by atoms with Crippen molar-refractivity contribution in [1.82, 2.24) is 9.97 Å². The zero-order valence-corrected chi connectivity index (χ0v) is 11.6. The maximum absolute atomic E-state index is 5.96. The van der Waals surface area contributed by atoms with Gasteiger partial charge in [-0.2, -0.15) is 28.5 Å². The average molecular weight is 296 g/mol. The molecule has 0 aromatic carbocycles. The number of hydrogen-bond acceptors (Lipinski definition) is 5. The number of aromatic nitrogens is 2. The van der Waals surface area contributed by atoms with E-state index in [9.17, 15) is 0 Å². The fraction of sp³-hybridized carbons (Fsp3) is 0.556. The van der Waals surface area contributed by atoms with E-state index in [0.29, 0.717) is 16.1 Å². The van der Waals surface area contributed by atoms with Crippen LogP contribution in [0.15, 0.2) is 6.20 Å². The molecule has 7 heteroatoms. The normalized spacial score (nSPS) is 20.8. The van der Waals surface area contributed by atoms with Crippen molar-refractivity contribution < 1.29 is 0 Å². The Morgan fingerprint density at radius 2 is 2.31 bits per heavy atom. The number of hydrogen-bond donors (Lipinski definition) is 1. The highest BCUT2D eigenvalue weighted by atomic mass is 35.5. The van der Waals surface area contributed by atoms with Crippen LogP contribution in [0.4, 0.5) is 5.82 Å². The van der Waals surface area contributed by atoms with Crippen LogP contribution in [0.2, 0.25) is 10.3 Å². The standard InChI is InChI=1S/C9H11Cl2N3S2/c10-7-4-13-9(11)14-8(7)12-3-6-5-15-1-2-16-6/h4,6H,1-3,5H2,(H,12,13,14). The number of nitrogens with zero attached hydrogens (tertiary/aromatic N) is 2. The highest BCUT2D eigenvalue weighted by Gasteiger charge is 2.14. The summed E-state index contributed by atoms with van der Waals surface area (Å²) >= 11 is 15.6. The van der Waals surface area contributed by atoms with Crippen LogP contribution in [0, 0.1) is 0 Å². The quantitative estimate of drug-likeness (QED) is 0.868. The minimum Gasteiger partial charge on any atom is -0.368 e. The van der Waals surface area contributed by atoms with Gasteiger partial charge in [0, 0.05) is 29.1 Å². The molecule has 1 aliphatic heterocycles. The molecule has 16 heavy (non-hydrogen) atoms. The van der Waals surface area contributed by atoms with Crippen molar-refractivity contribution in [2.75, 3.05) is 29.1 Å². The van der Waals surface area contributed by atoms with Gasteiger partial charge in [0.25, 0.3) is 0 Å². The summed E-state index contributed by atoms with van der Waals surface area (Å²) < 4.78 is 0. The lowest BCUT2D eigenvalue weighted by molar-refractivity contribution is 0.987. The molecule has 1 atom stereocenters. The van der Waals surface area contributed by atoms with Crippen molar-refractivity contribution in [3.05, 3.63) is 16.5 Å². The molecule has 3 nitrogen and oxygen atoms in total. The predicted octanol–water partition coefficient (Wildman–Crippen LogP) is 3.04. The van der Waals surface area contributed by atoms with Gasteiger partial charge in [0.15, 0.2) is 0 Å². The van der Waals surface area contributed by atoms with Gasteiger partial charge in [-0.1, -0.05) is 11.6 Å². The van der Waals surface area contributed by atoms with Gasteiger partial charge in [-0.15, -0.1) is 0 Å². The first-order valence-corrected chi connectivity index (χ1v) is 7.83. The molecule has 1 fully saturated rings. The zero-order chi connectivity index (χ0) is 11.4. The first-order chi connectivity index (χ1) is 7.75. The molecule has 1 saturated heterocycles. The SMILES string of the molecule is Clc1ncc(Cl)c(NCC2CSCCS2)n1. The summed E-state index contributed by atoms with van der Waals surface area (Å²) in [4.78, 5) is 7.86. The van der Waals surface area contributed by atoms with Crippen LogP contribution in [0.3, 0.4) is 0 Å². The Morgan fingerprint density at radius 1 is 1.44 bits per heavy atom. The van der Waals surface area contributed by atoms with E-state index in [0.717, 1.165) is 6.54 Å². The summed E-state index contributed by atoms with van der Waals surface area (Å²) in [5, 5.41) is 4.57. The molecular weight excluding hydrogens is 285 g/mol. The number of anilines is 1. The Kier molecular flexibility index (Phi) is 4.88. The van der Waals surface area contributed by atoms with Crippen molar-refractivity contribution >= 4 is 52.5 Å². The van der Waals surface area contributed by atoms with Crippen LogP contribution < -0.4 is 5.32 Å².